The topological polar surface area (TPSA) is 9.23 Å². The van der Waals surface area contributed by atoms with Gasteiger partial charge < -0.3 is 4.74 Å². The summed E-state index contributed by atoms with van der Waals surface area (Å²) in [6.07, 6.45) is 0. The van der Waals surface area contributed by atoms with E-state index >= 15 is 0 Å². The second-order valence-electron chi connectivity index (χ2n) is 4.38. The van der Waals surface area contributed by atoms with E-state index in [1.165, 1.54) is 15.1 Å². The lowest BCUT2D eigenvalue weighted by atomic mass is 10.0. The normalized spacial score (nSPS) is 11.1. The second kappa shape index (κ2) is 5.73. The molecule has 15 heavy (non-hydrogen) atoms. The van der Waals surface area contributed by atoms with Gasteiger partial charge in [-0.15, -0.1) is 0 Å². The molecular weight excluding hydrogens is 299 g/mol. The standard InChI is InChI=1S/C13H18IO/c1-9(2)8-15-13-6-11(10(3)4)5-12(14)7-13/h5-7,9H,8H2,1-4H3. The number of ether oxygens (including phenoxy) is 1. The minimum absolute atomic E-state index is 0.568. The summed E-state index contributed by atoms with van der Waals surface area (Å²) in [6.45, 7) is 9.34. The fourth-order valence-electron chi connectivity index (χ4n) is 1.20. The second-order valence-corrected chi connectivity index (χ2v) is 5.63. The lowest BCUT2D eigenvalue weighted by molar-refractivity contribution is 0.270. The molecule has 0 fully saturated rings. The molecule has 0 aliphatic carbocycles. The van der Waals surface area contributed by atoms with Crippen LogP contribution in [0.4, 0.5) is 0 Å². The zero-order valence-corrected chi connectivity index (χ0v) is 12.0. The summed E-state index contributed by atoms with van der Waals surface area (Å²) in [5.41, 5.74) is 1.26. The summed E-state index contributed by atoms with van der Waals surface area (Å²) in [4.78, 5) is 0. The van der Waals surface area contributed by atoms with Crippen LogP contribution in [0.5, 0.6) is 5.75 Å². The van der Waals surface area contributed by atoms with Crippen LogP contribution in [-0.4, -0.2) is 6.61 Å². The fraction of sp³-hybridized carbons (Fsp3) is 0.462. The van der Waals surface area contributed by atoms with Crippen molar-refractivity contribution in [1.29, 1.82) is 0 Å². The highest BCUT2D eigenvalue weighted by molar-refractivity contribution is 14.1. The summed E-state index contributed by atoms with van der Waals surface area (Å²) in [6, 6.07) is 6.37. The van der Waals surface area contributed by atoms with E-state index in [-0.39, 0.29) is 0 Å². The molecule has 0 aliphatic rings. The Morgan fingerprint density at radius 1 is 1.27 bits per heavy atom. The van der Waals surface area contributed by atoms with Gasteiger partial charge in [0.15, 0.2) is 0 Å². The number of benzene rings is 1. The lowest BCUT2D eigenvalue weighted by Crippen LogP contribution is -2.05. The van der Waals surface area contributed by atoms with Crippen molar-refractivity contribution < 1.29 is 4.74 Å². The van der Waals surface area contributed by atoms with Gasteiger partial charge in [-0.1, -0.05) is 27.7 Å². The number of hydrogen-bond acceptors (Lipinski definition) is 1. The van der Waals surface area contributed by atoms with Gasteiger partial charge >= 0.3 is 0 Å². The minimum atomic E-state index is 0.568. The van der Waals surface area contributed by atoms with E-state index in [9.17, 15) is 0 Å². The van der Waals surface area contributed by atoms with Crippen LogP contribution in [0.1, 0.15) is 33.3 Å². The van der Waals surface area contributed by atoms with E-state index in [0.29, 0.717) is 5.92 Å². The Kier molecular flexibility index (Phi) is 4.90. The summed E-state index contributed by atoms with van der Waals surface area (Å²) in [7, 11) is 0. The molecule has 0 saturated carbocycles. The molecule has 1 rings (SSSR count). The van der Waals surface area contributed by atoms with Crippen LogP contribution in [-0.2, 0) is 0 Å². The van der Waals surface area contributed by atoms with Crippen molar-refractivity contribution >= 4 is 22.6 Å². The van der Waals surface area contributed by atoms with Crippen molar-refractivity contribution in [3.63, 3.8) is 0 Å². The average molecular weight is 317 g/mol. The van der Waals surface area contributed by atoms with Crippen LogP contribution >= 0.6 is 22.6 Å². The molecule has 83 valence electrons. The van der Waals surface area contributed by atoms with Gasteiger partial charge in [-0.05, 0) is 58.2 Å². The van der Waals surface area contributed by atoms with Crippen molar-refractivity contribution in [3.8, 4) is 5.75 Å². The van der Waals surface area contributed by atoms with Crippen LogP contribution in [0, 0.1) is 15.4 Å². The van der Waals surface area contributed by atoms with E-state index < -0.39 is 0 Å². The highest BCUT2D eigenvalue weighted by Gasteiger charge is 2.05. The molecule has 1 radical (unpaired) electrons. The van der Waals surface area contributed by atoms with Crippen LogP contribution in [0.3, 0.4) is 0 Å². The SMILES string of the molecule is C[C](C)c1cc(I)cc(OCC(C)C)c1. The predicted molar refractivity (Wildman–Crippen MR) is 73.2 cm³/mol. The monoisotopic (exact) mass is 317 g/mol. The van der Waals surface area contributed by atoms with E-state index in [1.54, 1.807) is 0 Å². The quantitative estimate of drug-likeness (QED) is 0.753. The van der Waals surface area contributed by atoms with Gasteiger partial charge in [0.1, 0.15) is 5.75 Å². The smallest absolute Gasteiger partial charge is 0.120 e. The fourth-order valence-corrected chi connectivity index (χ4v) is 1.84. The van der Waals surface area contributed by atoms with E-state index in [4.69, 9.17) is 4.74 Å². The summed E-state index contributed by atoms with van der Waals surface area (Å²) in [5.74, 6) is 2.87. The molecule has 0 heterocycles. The van der Waals surface area contributed by atoms with Crippen molar-refractivity contribution in [2.45, 2.75) is 27.7 Å². The summed E-state index contributed by atoms with van der Waals surface area (Å²) in [5, 5.41) is 0. The zero-order valence-electron chi connectivity index (χ0n) is 9.80. The Balaban J connectivity index is 2.79. The average Bonchev–Trinajstić information content (AvgIpc) is 2.13. The molecule has 0 unspecified atom stereocenters. The minimum Gasteiger partial charge on any atom is -0.493 e. The Morgan fingerprint density at radius 2 is 1.93 bits per heavy atom. The number of rotatable bonds is 4. The third kappa shape index (κ3) is 4.41. The number of halogens is 1. The van der Waals surface area contributed by atoms with Gasteiger partial charge in [-0.2, -0.15) is 0 Å². The molecule has 0 saturated heterocycles. The van der Waals surface area contributed by atoms with Crippen LogP contribution in [0.2, 0.25) is 0 Å². The van der Waals surface area contributed by atoms with E-state index in [2.05, 4.69) is 68.5 Å². The molecule has 0 atom stereocenters. The molecule has 1 aromatic carbocycles. The highest BCUT2D eigenvalue weighted by Crippen LogP contribution is 2.23. The Labute approximate surface area is 106 Å². The first kappa shape index (κ1) is 12.8. The Morgan fingerprint density at radius 3 is 2.47 bits per heavy atom. The molecule has 0 bridgehead atoms. The first-order valence-electron chi connectivity index (χ1n) is 5.23. The van der Waals surface area contributed by atoms with Crippen molar-refractivity contribution in [2.24, 2.45) is 5.92 Å². The largest absolute Gasteiger partial charge is 0.493 e. The first-order chi connectivity index (χ1) is 6.99. The van der Waals surface area contributed by atoms with Crippen molar-refractivity contribution in [1.82, 2.24) is 0 Å². The van der Waals surface area contributed by atoms with Crippen molar-refractivity contribution in [3.05, 3.63) is 33.3 Å². The van der Waals surface area contributed by atoms with Gasteiger partial charge in [-0.3, -0.25) is 0 Å². The van der Waals surface area contributed by atoms with E-state index in [0.717, 1.165) is 12.4 Å². The first-order valence-corrected chi connectivity index (χ1v) is 6.31. The Bertz CT molecular complexity index is 318. The maximum Gasteiger partial charge on any atom is 0.120 e. The van der Waals surface area contributed by atoms with Gasteiger partial charge in [0.2, 0.25) is 0 Å². The molecule has 1 aromatic rings. The van der Waals surface area contributed by atoms with Crippen LogP contribution in [0.15, 0.2) is 18.2 Å². The van der Waals surface area contributed by atoms with Gasteiger partial charge in [0.05, 0.1) is 6.61 Å². The Hall–Kier alpha value is -0.250. The van der Waals surface area contributed by atoms with Gasteiger partial charge in [0, 0.05) is 3.57 Å². The van der Waals surface area contributed by atoms with Gasteiger partial charge in [0.25, 0.3) is 0 Å². The zero-order chi connectivity index (χ0) is 11.4. The molecule has 0 aliphatic heterocycles. The predicted octanol–water partition coefficient (Wildman–Crippen LogP) is 4.29. The van der Waals surface area contributed by atoms with Crippen molar-refractivity contribution in [2.75, 3.05) is 6.61 Å². The van der Waals surface area contributed by atoms with Gasteiger partial charge in [-0.25, -0.2) is 0 Å². The number of hydrogen-bond donors (Lipinski definition) is 0. The molecule has 0 aromatic heterocycles. The maximum absolute atomic E-state index is 5.72. The van der Waals surface area contributed by atoms with E-state index in [1.807, 2.05) is 0 Å². The molecule has 0 spiro atoms. The molecule has 2 heteroatoms. The third-order valence-corrected chi connectivity index (χ3v) is 2.65. The summed E-state index contributed by atoms with van der Waals surface area (Å²) >= 11 is 2.33. The molecule has 1 nitrogen and oxygen atoms in total. The highest BCUT2D eigenvalue weighted by atomic mass is 127. The molecular formula is C13H18IO. The molecule has 0 amide bonds. The maximum atomic E-state index is 5.72. The van der Waals surface area contributed by atoms with Crippen LogP contribution < -0.4 is 4.74 Å². The lowest BCUT2D eigenvalue weighted by Gasteiger charge is -2.12. The molecule has 0 N–H and O–H groups in total. The summed E-state index contributed by atoms with van der Waals surface area (Å²) < 4.78 is 6.95. The van der Waals surface area contributed by atoms with Crippen LogP contribution in [0.25, 0.3) is 0 Å². The third-order valence-electron chi connectivity index (χ3n) is 2.03.